The molecule has 0 aliphatic carbocycles. The Hall–Kier alpha value is -2.16. The van der Waals surface area contributed by atoms with E-state index in [2.05, 4.69) is 36.2 Å². The van der Waals surface area contributed by atoms with Crippen LogP contribution in [0.2, 0.25) is 0 Å². The molecule has 0 radical (unpaired) electrons. The Morgan fingerprint density at radius 2 is 1.47 bits per heavy atom. The average Bonchev–Trinajstić information content (AvgIpc) is 2.46. The van der Waals surface area contributed by atoms with Gasteiger partial charge in [0.25, 0.3) is 0 Å². The van der Waals surface area contributed by atoms with E-state index in [0.717, 1.165) is 24.2 Å². The molecule has 0 spiro atoms. The highest BCUT2D eigenvalue weighted by Crippen LogP contribution is 2.25. The second-order valence-electron chi connectivity index (χ2n) is 4.47. The maximum absolute atomic E-state index is 5.95. The lowest BCUT2D eigenvalue weighted by Gasteiger charge is -2.02. The Kier molecular flexibility index (Phi) is 4.29. The van der Waals surface area contributed by atoms with E-state index in [1.807, 2.05) is 30.3 Å². The van der Waals surface area contributed by atoms with Gasteiger partial charge in [0.15, 0.2) is 0 Å². The van der Waals surface area contributed by atoms with Crippen molar-refractivity contribution in [3.63, 3.8) is 0 Å². The third-order valence-corrected chi connectivity index (χ3v) is 3.12. The number of nitrogens with zero attached hydrogens (tertiary/aromatic N) is 2. The van der Waals surface area contributed by atoms with Crippen LogP contribution < -0.4 is 5.73 Å². The quantitative estimate of drug-likeness (QED) is 0.617. The van der Waals surface area contributed by atoms with E-state index in [0.29, 0.717) is 5.69 Å². The maximum Gasteiger partial charge on any atom is 0.109 e. The fraction of sp³-hybridized carbons (Fsp3) is 0.250. The first-order chi connectivity index (χ1) is 9.22. The molecule has 0 atom stereocenters. The van der Waals surface area contributed by atoms with E-state index >= 15 is 0 Å². The van der Waals surface area contributed by atoms with Crippen LogP contribution in [0.1, 0.15) is 25.0 Å². The van der Waals surface area contributed by atoms with Crippen molar-refractivity contribution in [2.75, 3.05) is 5.73 Å². The number of anilines is 1. The van der Waals surface area contributed by atoms with Gasteiger partial charge in [-0.25, -0.2) is 0 Å². The topological polar surface area (TPSA) is 50.7 Å². The molecule has 2 aromatic carbocycles. The zero-order valence-electron chi connectivity index (χ0n) is 11.4. The van der Waals surface area contributed by atoms with E-state index < -0.39 is 0 Å². The van der Waals surface area contributed by atoms with Gasteiger partial charge in [-0.2, -0.15) is 5.11 Å². The van der Waals surface area contributed by atoms with Crippen LogP contribution in [0, 0.1) is 0 Å². The third-order valence-electron chi connectivity index (χ3n) is 3.12. The number of benzene rings is 2. The van der Waals surface area contributed by atoms with Crippen LogP contribution in [-0.4, -0.2) is 0 Å². The van der Waals surface area contributed by atoms with Gasteiger partial charge >= 0.3 is 0 Å². The summed E-state index contributed by atoms with van der Waals surface area (Å²) in [6.07, 6.45) is 2.00. The molecule has 0 unspecified atom stereocenters. The minimum atomic E-state index is 0.674. The largest absolute Gasteiger partial charge is 0.397 e. The minimum absolute atomic E-state index is 0.674. The number of azo groups is 1. The van der Waals surface area contributed by atoms with Gasteiger partial charge in [-0.05, 0) is 48.2 Å². The number of nitrogen functional groups attached to an aromatic ring is 1. The summed E-state index contributed by atoms with van der Waals surface area (Å²) < 4.78 is 0. The minimum Gasteiger partial charge on any atom is -0.397 e. The summed E-state index contributed by atoms with van der Waals surface area (Å²) in [6.45, 7) is 4.23. The fourth-order valence-electron chi connectivity index (χ4n) is 1.82. The number of rotatable bonds is 4. The number of nitrogens with two attached hydrogens (primary N) is 1. The molecule has 0 aliphatic rings. The first-order valence-electron chi connectivity index (χ1n) is 6.62. The van der Waals surface area contributed by atoms with Gasteiger partial charge in [0, 0.05) is 0 Å². The van der Waals surface area contributed by atoms with E-state index in [9.17, 15) is 0 Å². The van der Waals surface area contributed by atoms with Gasteiger partial charge in [-0.1, -0.05) is 32.0 Å². The van der Waals surface area contributed by atoms with Crippen molar-refractivity contribution in [1.29, 1.82) is 0 Å². The number of hydrogen-bond donors (Lipinski definition) is 1. The Morgan fingerprint density at radius 3 is 2.05 bits per heavy atom. The van der Waals surface area contributed by atoms with Crippen LogP contribution in [0.3, 0.4) is 0 Å². The summed E-state index contributed by atoms with van der Waals surface area (Å²) in [5.41, 5.74) is 10.7. The number of hydrogen-bond acceptors (Lipinski definition) is 3. The predicted molar refractivity (Wildman–Crippen MR) is 80.2 cm³/mol. The average molecular weight is 253 g/mol. The molecule has 0 aromatic heterocycles. The van der Waals surface area contributed by atoms with Crippen LogP contribution in [-0.2, 0) is 12.8 Å². The summed E-state index contributed by atoms with van der Waals surface area (Å²) in [5, 5.41) is 8.42. The normalized spacial score (nSPS) is 11.1. The zero-order valence-corrected chi connectivity index (χ0v) is 11.4. The molecule has 98 valence electrons. The highest BCUT2D eigenvalue weighted by Gasteiger charge is 1.99. The molecule has 0 heterocycles. The molecule has 0 aliphatic heterocycles. The Morgan fingerprint density at radius 1 is 0.842 bits per heavy atom. The van der Waals surface area contributed by atoms with Crippen molar-refractivity contribution in [3.8, 4) is 0 Å². The van der Waals surface area contributed by atoms with Gasteiger partial charge in [0.05, 0.1) is 11.4 Å². The number of aryl methyl sites for hydroxylation is 2. The van der Waals surface area contributed by atoms with E-state index in [1.54, 1.807) is 0 Å². The van der Waals surface area contributed by atoms with Crippen LogP contribution in [0.5, 0.6) is 0 Å². The molecule has 0 saturated heterocycles. The summed E-state index contributed by atoms with van der Waals surface area (Å²) in [7, 11) is 0. The van der Waals surface area contributed by atoms with Crippen LogP contribution in [0.4, 0.5) is 17.1 Å². The Balaban J connectivity index is 2.17. The van der Waals surface area contributed by atoms with Gasteiger partial charge in [-0.15, -0.1) is 5.11 Å². The lowest BCUT2D eigenvalue weighted by atomic mass is 10.1. The molecular formula is C16H19N3. The Labute approximate surface area is 114 Å². The summed E-state index contributed by atoms with van der Waals surface area (Å²) >= 11 is 0. The first-order valence-corrected chi connectivity index (χ1v) is 6.62. The Bertz CT molecular complexity index is 571. The third kappa shape index (κ3) is 3.41. The fourth-order valence-corrected chi connectivity index (χ4v) is 1.82. The van der Waals surface area contributed by atoms with E-state index in [4.69, 9.17) is 5.73 Å². The highest BCUT2D eigenvalue weighted by atomic mass is 15.1. The van der Waals surface area contributed by atoms with Gasteiger partial charge < -0.3 is 5.73 Å². The lowest BCUT2D eigenvalue weighted by molar-refractivity contribution is 1.13. The first kappa shape index (κ1) is 13.3. The zero-order chi connectivity index (χ0) is 13.7. The van der Waals surface area contributed by atoms with Gasteiger partial charge in [0.1, 0.15) is 5.69 Å². The SMILES string of the molecule is CCc1ccc(N=Nc2ccc(CC)cc2N)cc1. The van der Waals surface area contributed by atoms with Crippen molar-refractivity contribution >= 4 is 17.1 Å². The second-order valence-corrected chi connectivity index (χ2v) is 4.47. The molecule has 2 aromatic rings. The maximum atomic E-state index is 5.95. The smallest absolute Gasteiger partial charge is 0.109 e. The standard InChI is InChI=1S/C16H19N3/c1-3-12-5-8-14(9-6-12)18-19-16-10-7-13(4-2)11-15(16)17/h5-11H,3-4,17H2,1-2H3. The molecule has 3 nitrogen and oxygen atoms in total. The molecule has 2 rings (SSSR count). The predicted octanol–water partition coefficient (Wildman–Crippen LogP) is 4.81. The molecule has 19 heavy (non-hydrogen) atoms. The molecular weight excluding hydrogens is 234 g/mol. The van der Waals surface area contributed by atoms with Gasteiger partial charge in [0.2, 0.25) is 0 Å². The molecule has 3 heteroatoms. The van der Waals surface area contributed by atoms with E-state index in [1.165, 1.54) is 11.1 Å². The second kappa shape index (κ2) is 6.14. The molecule has 0 amide bonds. The van der Waals surface area contributed by atoms with Crippen molar-refractivity contribution in [1.82, 2.24) is 0 Å². The summed E-state index contributed by atoms with van der Waals surface area (Å²) in [5.74, 6) is 0. The van der Waals surface area contributed by atoms with Crippen molar-refractivity contribution in [2.45, 2.75) is 26.7 Å². The highest BCUT2D eigenvalue weighted by molar-refractivity contribution is 5.63. The molecule has 0 fully saturated rings. The van der Waals surface area contributed by atoms with Crippen LogP contribution in [0.15, 0.2) is 52.7 Å². The summed E-state index contributed by atoms with van der Waals surface area (Å²) in [6, 6.07) is 14.0. The monoisotopic (exact) mass is 253 g/mol. The van der Waals surface area contributed by atoms with Crippen molar-refractivity contribution in [2.24, 2.45) is 10.2 Å². The molecule has 2 N–H and O–H groups in total. The molecule has 0 saturated carbocycles. The van der Waals surface area contributed by atoms with Crippen molar-refractivity contribution in [3.05, 3.63) is 53.6 Å². The van der Waals surface area contributed by atoms with Crippen LogP contribution >= 0.6 is 0 Å². The lowest BCUT2D eigenvalue weighted by Crippen LogP contribution is -1.88. The van der Waals surface area contributed by atoms with Crippen LogP contribution in [0.25, 0.3) is 0 Å². The van der Waals surface area contributed by atoms with Gasteiger partial charge in [-0.3, -0.25) is 0 Å². The van der Waals surface area contributed by atoms with E-state index in [-0.39, 0.29) is 0 Å². The van der Waals surface area contributed by atoms with Crippen molar-refractivity contribution < 1.29 is 0 Å². The molecule has 0 bridgehead atoms. The summed E-state index contributed by atoms with van der Waals surface area (Å²) in [4.78, 5) is 0.